The molecule has 0 N–H and O–H groups in total. The van der Waals surface area contributed by atoms with Gasteiger partial charge in [0.2, 0.25) is 5.89 Å². The van der Waals surface area contributed by atoms with Crippen molar-refractivity contribution < 1.29 is 18.7 Å². The predicted molar refractivity (Wildman–Crippen MR) is 147 cm³/mol. The Labute approximate surface area is 224 Å². The zero-order valence-electron chi connectivity index (χ0n) is 22.8. The van der Waals surface area contributed by atoms with E-state index in [1.807, 2.05) is 31.2 Å². The number of aryl methyl sites for hydroxylation is 3. The third-order valence-corrected chi connectivity index (χ3v) is 7.48. The van der Waals surface area contributed by atoms with Crippen molar-refractivity contribution in [2.75, 3.05) is 6.61 Å². The Bertz CT molecular complexity index is 1590. The van der Waals surface area contributed by atoms with Gasteiger partial charge in [0.25, 0.3) is 5.56 Å². The van der Waals surface area contributed by atoms with Crippen LogP contribution in [0.25, 0.3) is 21.0 Å². The van der Waals surface area contributed by atoms with Crippen LogP contribution in [0.4, 0.5) is 0 Å². The second kappa shape index (κ2) is 10.2. The zero-order chi connectivity index (χ0) is 27.8. The molecule has 4 rings (SSSR count). The molecule has 0 aliphatic carbocycles. The molecule has 0 unspecified atom stereocenters. The highest BCUT2D eigenvalue weighted by atomic mass is 32.1. The van der Waals surface area contributed by atoms with Crippen molar-refractivity contribution in [2.45, 2.75) is 72.6 Å². The number of ether oxygens (including phenoxy) is 2. The van der Waals surface area contributed by atoms with E-state index in [1.165, 1.54) is 37.6 Å². The largest absolute Gasteiger partial charge is 0.494 e. The fourth-order valence-corrected chi connectivity index (χ4v) is 5.57. The van der Waals surface area contributed by atoms with Crippen LogP contribution in [0, 0.1) is 6.92 Å². The van der Waals surface area contributed by atoms with Crippen LogP contribution in [0.5, 0.6) is 5.75 Å². The van der Waals surface area contributed by atoms with Crippen molar-refractivity contribution >= 4 is 27.5 Å². The highest BCUT2D eigenvalue weighted by Gasteiger charge is 2.38. The molecule has 0 saturated heterocycles. The van der Waals surface area contributed by atoms with E-state index in [9.17, 15) is 14.4 Å². The van der Waals surface area contributed by atoms with Crippen molar-refractivity contribution in [3.8, 4) is 16.5 Å². The molecule has 0 atom stereocenters. The highest BCUT2D eigenvalue weighted by Crippen LogP contribution is 2.36. The molecule has 3 aromatic heterocycles. The lowest BCUT2D eigenvalue weighted by Crippen LogP contribution is -2.54. The molecule has 9 nitrogen and oxygen atoms in total. The Morgan fingerprint density at radius 3 is 2.47 bits per heavy atom. The lowest BCUT2D eigenvalue weighted by molar-refractivity contribution is -0.164. The Kier molecular flexibility index (Phi) is 7.38. The Morgan fingerprint density at radius 1 is 1.13 bits per heavy atom. The van der Waals surface area contributed by atoms with Crippen molar-refractivity contribution in [1.29, 1.82) is 0 Å². The Hall–Kier alpha value is -3.66. The molecule has 0 saturated carbocycles. The fourth-order valence-electron chi connectivity index (χ4n) is 4.31. The first-order valence-electron chi connectivity index (χ1n) is 12.5. The summed E-state index contributed by atoms with van der Waals surface area (Å²) in [7, 11) is 0. The van der Waals surface area contributed by atoms with Crippen LogP contribution >= 0.6 is 11.3 Å². The van der Waals surface area contributed by atoms with Crippen LogP contribution in [0.15, 0.2) is 50.7 Å². The topological polar surface area (TPSA) is 106 Å². The monoisotopic (exact) mass is 539 g/mol. The van der Waals surface area contributed by atoms with E-state index in [2.05, 4.69) is 4.98 Å². The van der Waals surface area contributed by atoms with Gasteiger partial charge in [0.1, 0.15) is 28.0 Å². The third-order valence-electron chi connectivity index (χ3n) is 6.17. The number of hydrogen-bond donors (Lipinski definition) is 0. The van der Waals surface area contributed by atoms with Crippen molar-refractivity contribution in [3.63, 3.8) is 0 Å². The van der Waals surface area contributed by atoms with E-state index in [0.717, 1.165) is 15.9 Å². The average Bonchev–Trinajstić information content (AvgIpc) is 3.47. The number of rotatable bonds is 8. The molecule has 0 bridgehead atoms. The summed E-state index contributed by atoms with van der Waals surface area (Å²) in [6.45, 7) is 12.8. The molecule has 0 amide bonds. The summed E-state index contributed by atoms with van der Waals surface area (Å²) in [4.78, 5) is 46.6. The first-order chi connectivity index (χ1) is 17.9. The minimum atomic E-state index is -1.56. The summed E-state index contributed by atoms with van der Waals surface area (Å²) >= 11 is 1.27. The van der Waals surface area contributed by atoms with E-state index in [1.54, 1.807) is 32.3 Å². The summed E-state index contributed by atoms with van der Waals surface area (Å²) in [5.74, 6) is 0.434. The summed E-state index contributed by atoms with van der Waals surface area (Å²) in [5.41, 5.74) is -1.93. The van der Waals surface area contributed by atoms with Crippen LogP contribution < -0.4 is 16.0 Å². The number of fused-ring (bicyclic) bond motifs is 1. The van der Waals surface area contributed by atoms with Crippen LogP contribution in [-0.2, 0) is 28.0 Å². The first-order valence-corrected chi connectivity index (χ1v) is 13.3. The molecule has 4 aromatic rings. The maximum absolute atomic E-state index is 14.0. The number of carbonyl (C=O) groups excluding carboxylic acids is 1. The number of nitrogens with zero attached hydrogens (tertiary/aromatic N) is 3. The third kappa shape index (κ3) is 5.05. The van der Waals surface area contributed by atoms with E-state index < -0.39 is 28.4 Å². The van der Waals surface area contributed by atoms with Gasteiger partial charge < -0.3 is 13.9 Å². The normalized spacial score (nSPS) is 12.2. The molecule has 1 aromatic carbocycles. The van der Waals surface area contributed by atoms with Crippen LogP contribution in [-0.4, -0.2) is 32.3 Å². The number of esters is 1. The number of para-hydroxylation sites is 1. The van der Waals surface area contributed by atoms with Gasteiger partial charge in [-0.05, 0) is 72.1 Å². The molecule has 0 aliphatic rings. The number of oxazole rings is 1. The maximum atomic E-state index is 14.0. The second-order valence-corrected chi connectivity index (χ2v) is 11.5. The molecular formula is C28H33N3O6S. The van der Waals surface area contributed by atoms with Crippen LogP contribution in [0.3, 0.4) is 0 Å². The molecule has 0 aliphatic heterocycles. The van der Waals surface area contributed by atoms with Crippen molar-refractivity contribution in [1.82, 2.24) is 14.1 Å². The quantitative estimate of drug-likeness (QED) is 0.293. The second-order valence-electron chi connectivity index (χ2n) is 10.5. The molecule has 3 heterocycles. The number of hydrogen-bond acceptors (Lipinski definition) is 8. The molecule has 10 heteroatoms. The van der Waals surface area contributed by atoms with Gasteiger partial charge in [0, 0.05) is 6.54 Å². The molecule has 0 fully saturated rings. The zero-order valence-corrected chi connectivity index (χ0v) is 23.6. The van der Waals surface area contributed by atoms with Gasteiger partial charge in [0.15, 0.2) is 0 Å². The van der Waals surface area contributed by atoms with Crippen LogP contribution in [0.1, 0.15) is 52.7 Å². The number of benzene rings is 1. The smallest absolute Gasteiger partial charge is 0.333 e. The van der Waals surface area contributed by atoms with E-state index >= 15 is 0 Å². The average molecular weight is 540 g/mol. The molecule has 38 heavy (non-hydrogen) atoms. The van der Waals surface area contributed by atoms with Gasteiger partial charge in [-0.25, -0.2) is 19.1 Å². The maximum Gasteiger partial charge on any atom is 0.333 e. The van der Waals surface area contributed by atoms with Crippen molar-refractivity contribution in [2.24, 2.45) is 0 Å². The Balaban J connectivity index is 1.94. The molecule has 202 valence electrons. The fraction of sp³-hybridized carbons (Fsp3) is 0.429. The summed E-state index contributed by atoms with van der Waals surface area (Å²) < 4.78 is 19.4. The first kappa shape index (κ1) is 27.4. The summed E-state index contributed by atoms with van der Waals surface area (Å²) in [5, 5.41) is 0.345. The van der Waals surface area contributed by atoms with E-state index in [-0.39, 0.29) is 6.54 Å². The van der Waals surface area contributed by atoms with Gasteiger partial charge in [-0.2, -0.15) is 0 Å². The molecule has 0 radical (unpaired) electrons. The van der Waals surface area contributed by atoms with E-state index in [0.29, 0.717) is 39.6 Å². The SMILES string of the molecule is CCOc1ccccc1CCn1c(=O)n(C(C)(C)C(=O)OC(C)(C)C)c(=O)c2c(C)c(-c3ncco3)sc21. The van der Waals surface area contributed by atoms with Gasteiger partial charge in [-0.15, -0.1) is 11.3 Å². The van der Waals surface area contributed by atoms with E-state index in [4.69, 9.17) is 13.9 Å². The minimum absolute atomic E-state index is 0.259. The molecule has 0 spiro atoms. The predicted octanol–water partition coefficient (Wildman–Crippen LogP) is 4.91. The summed E-state index contributed by atoms with van der Waals surface area (Å²) in [6.07, 6.45) is 3.46. The summed E-state index contributed by atoms with van der Waals surface area (Å²) in [6, 6.07) is 7.65. The highest BCUT2D eigenvalue weighted by molar-refractivity contribution is 7.22. The number of aromatic nitrogens is 3. The lowest BCUT2D eigenvalue weighted by Gasteiger charge is -2.30. The molecular weight excluding hydrogens is 506 g/mol. The number of carbonyl (C=O) groups is 1. The van der Waals surface area contributed by atoms with Gasteiger partial charge in [-0.3, -0.25) is 9.36 Å². The minimum Gasteiger partial charge on any atom is -0.494 e. The van der Waals surface area contributed by atoms with Crippen LogP contribution in [0.2, 0.25) is 0 Å². The van der Waals surface area contributed by atoms with Crippen molar-refractivity contribution in [3.05, 3.63) is 68.7 Å². The lowest BCUT2D eigenvalue weighted by atomic mass is 10.0. The Morgan fingerprint density at radius 2 is 1.84 bits per heavy atom. The van der Waals surface area contributed by atoms with Gasteiger partial charge in [0.05, 0.1) is 23.1 Å². The van der Waals surface area contributed by atoms with Gasteiger partial charge in [-0.1, -0.05) is 18.2 Å². The number of thiophene rings is 1. The standard InChI is InChI=1S/C28H33N3O6S/c1-8-35-19-12-10-9-11-18(19)13-15-30-24-20(17(2)21(38-24)22-29-14-16-36-22)23(32)31(26(30)34)28(6,7)25(33)37-27(3,4)5/h9-12,14,16H,8,13,15H2,1-7H3. The van der Waals surface area contributed by atoms with Gasteiger partial charge >= 0.3 is 11.7 Å².